The molecule has 26 heavy (non-hydrogen) atoms. The van der Waals surface area contributed by atoms with Crippen LogP contribution in [0.3, 0.4) is 0 Å². The van der Waals surface area contributed by atoms with E-state index in [1.54, 1.807) is 0 Å². The number of benzene rings is 5. The van der Waals surface area contributed by atoms with Crippen LogP contribution in [0.2, 0.25) is 0 Å². The first-order valence-corrected chi connectivity index (χ1v) is 9.91. The monoisotopic (exact) mass is 460 g/mol. The summed E-state index contributed by atoms with van der Waals surface area (Å²) in [6.07, 6.45) is 0. The van der Waals surface area contributed by atoms with Gasteiger partial charge in [0.15, 0.2) is 0 Å². The second-order valence-corrected chi connectivity index (χ2v) is 8.26. The van der Waals surface area contributed by atoms with Gasteiger partial charge in [-0.05, 0) is 65.5 Å². The quantitative estimate of drug-likeness (QED) is 0.176. The number of hydrogen-bond donors (Lipinski definition) is 0. The molecule has 2 nitrogen and oxygen atoms in total. The van der Waals surface area contributed by atoms with Crippen LogP contribution in [0.15, 0.2) is 69.6 Å². The number of halogens is 2. The number of rotatable bonds is 0. The van der Waals surface area contributed by atoms with Crippen LogP contribution in [0.4, 0.5) is 0 Å². The summed E-state index contributed by atoms with van der Waals surface area (Å²) < 4.78 is 1.96. The first kappa shape index (κ1) is 14.8. The van der Waals surface area contributed by atoms with Gasteiger partial charge in [0.25, 0.3) is 0 Å². The van der Waals surface area contributed by atoms with Crippen LogP contribution in [0.25, 0.3) is 54.4 Å². The molecular formula is C22H10Br2N2. The Balaban J connectivity index is 1.99. The molecule has 0 aliphatic carbocycles. The summed E-state index contributed by atoms with van der Waals surface area (Å²) in [7, 11) is 0. The maximum Gasteiger partial charge on any atom is 0.0979 e. The minimum atomic E-state index is 0.891. The number of aromatic nitrogens is 2. The zero-order valence-corrected chi connectivity index (χ0v) is 16.6. The van der Waals surface area contributed by atoms with Crippen molar-refractivity contribution in [1.29, 1.82) is 0 Å². The topological polar surface area (TPSA) is 25.8 Å². The summed E-state index contributed by atoms with van der Waals surface area (Å²) >= 11 is 7.15. The molecule has 1 heterocycles. The molecule has 0 bridgehead atoms. The smallest absolute Gasteiger partial charge is 0.0979 e. The predicted octanol–water partition coefficient (Wildman–Crippen LogP) is 7.21. The molecule has 0 aliphatic rings. The Morgan fingerprint density at radius 3 is 1.50 bits per heavy atom. The van der Waals surface area contributed by atoms with E-state index in [1.807, 2.05) is 12.1 Å². The van der Waals surface area contributed by atoms with Crippen molar-refractivity contribution < 1.29 is 0 Å². The van der Waals surface area contributed by atoms with Gasteiger partial charge in [-0.1, -0.05) is 48.5 Å². The van der Waals surface area contributed by atoms with E-state index in [4.69, 9.17) is 9.97 Å². The average Bonchev–Trinajstić information content (AvgIpc) is 2.66. The summed E-state index contributed by atoms with van der Waals surface area (Å²) in [5.74, 6) is 0. The Bertz CT molecular complexity index is 1390. The third kappa shape index (κ3) is 1.86. The summed E-state index contributed by atoms with van der Waals surface area (Å²) in [4.78, 5) is 10.0. The number of hydrogen-bond acceptors (Lipinski definition) is 2. The van der Waals surface area contributed by atoms with Gasteiger partial charge in [0, 0.05) is 19.7 Å². The van der Waals surface area contributed by atoms with Crippen LogP contribution in [-0.2, 0) is 0 Å². The van der Waals surface area contributed by atoms with E-state index in [0.29, 0.717) is 0 Å². The lowest BCUT2D eigenvalue weighted by Crippen LogP contribution is -1.93. The van der Waals surface area contributed by atoms with Gasteiger partial charge in [0.1, 0.15) is 0 Å². The third-order valence-corrected chi connectivity index (χ3v) is 6.95. The largest absolute Gasteiger partial charge is 0.244 e. The molecule has 1 aromatic heterocycles. The molecule has 5 aromatic carbocycles. The SMILES string of the molecule is Brc1cc2nc3c4cccc5ccc6cccc(c3nc2cc1Br)c6c54. The van der Waals surface area contributed by atoms with Crippen molar-refractivity contribution in [2.45, 2.75) is 0 Å². The fraction of sp³-hybridized carbons (Fsp3) is 0. The highest BCUT2D eigenvalue weighted by Gasteiger charge is 2.16. The van der Waals surface area contributed by atoms with Crippen LogP contribution in [-0.4, -0.2) is 9.97 Å². The van der Waals surface area contributed by atoms with E-state index in [2.05, 4.69) is 80.4 Å². The van der Waals surface area contributed by atoms with Gasteiger partial charge in [-0.15, -0.1) is 0 Å². The van der Waals surface area contributed by atoms with E-state index >= 15 is 0 Å². The molecule has 0 aliphatic heterocycles. The zero-order valence-electron chi connectivity index (χ0n) is 13.4. The first-order valence-electron chi connectivity index (χ1n) is 8.33. The highest BCUT2D eigenvalue weighted by molar-refractivity contribution is 9.13. The molecule has 0 fully saturated rings. The fourth-order valence-electron chi connectivity index (χ4n) is 3.98. The highest BCUT2D eigenvalue weighted by atomic mass is 79.9. The Hall–Kier alpha value is -2.30. The molecular weight excluding hydrogens is 452 g/mol. The van der Waals surface area contributed by atoms with E-state index in [9.17, 15) is 0 Å². The molecule has 0 unspecified atom stereocenters. The lowest BCUT2D eigenvalue weighted by Gasteiger charge is -2.14. The Kier molecular flexibility index (Phi) is 2.92. The van der Waals surface area contributed by atoms with Crippen LogP contribution in [0, 0.1) is 0 Å². The zero-order chi connectivity index (χ0) is 17.4. The van der Waals surface area contributed by atoms with Gasteiger partial charge in [-0.3, -0.25) is 0 Å². The molecule has 0 saturated heterocycles. The van der Waals surface area contributed by atoms with Crippen molar-refractivity contribution in [3.8, 4) is 0 Å². The molecule has 4 heteroatoms. The molecule has 6 aromatic rings. The van der Waals surface area contributed by atoms with E-state index in [1.165, 1.54) is 21.5 Å². The van der Waals surface area contributed by atoms with Crippen molar-refractivity contribution in [1.82, 2.24) is 9.97 Å². The standard InChI is InChI=1S/C22H10Br2N2/c23-15-9-17-18(10-16(15)24)26-22-14-6-2-4-12-8-7-11-3-1-5-13(21(22)25-17)19(11)20(12)14/h1-10H. The second kappa shape index (κ2) is 5.12. The first-order chi connectivity index (χ1) is 12.7. The minimum Gasteiger partial charge on any atom is -0.244 e. The van der Waals surface area contributed by atoms with Gasteiger partial charge in [0.05, 0.1) is 22.1 Å². The molecule has 0 saturated carbocycles. The van der Waals surface area contributed by atoms with Crippen LogP contribution in [0.5, 0.6) is 0 Å². The van der Waals surface area contributed by atoms with Gasteiger partial charge >= 0.3 is 0 Å². The van der Waals surface area contributed by atoms with Crippen LogP contribution >= 0.6 is 31.9 Å². The Morgan fingerprint density at radius 1 is 0.577 bits per heavy atom. The lowest BCUT2D eigenvalue weighted by atomic mass is 9.93. The molecule has 0 N–H and O–H groups in total. The summed E-state index contributed by atoms with van der Waals surface area (Å²) in [6.45, 7) is 0. The van der Waals surface area contributed by atoms with E-state index in [0.717, 1.165) is 41.8 Å². The number of nitrogens with zero attached hydrogens (tertiary/aromatic N) is 2. The third-order valence-electron chi connectivity index (χ3n) is 5.10. The normalized spacial score (nSPS) is 12.2. The molecule has 6 rings (SSSR count). The second-order valence-electron chi connectivity index (χ2n) is 6.55. The van der Waals surface area contributed by atoms with Gasteiger partial charge in [-0.2, -0.15) is 0 Å². The summed E-state index contributed by atoms with van der Waals surface area (Å²) in [5, 5.41) is 7.36. The van der Waals surface area contributed by atoms with Crippen molar-refractivity contribution in [2.75, 3.05) is 0 Å². The Morgan fingerprint density at radius 2 is 1.04 bits per heavy atom. The predicted molar refractivity (Wildman–Crippen MR) is 116 cm³/mol. The minimum absolute atomic E-state index is 0.891. The van der Waals surface area contributed by atoms with Gasteiger partial charge in [0.2, 0.25) is 0 Å². The van der Waals surface area contributed by atoms with E-state index in [-0.39, 0.29) is 0 Å². The fourth-order valence-corrected chi connectivity index (χ4v) is 4.64. The summed E-state index contributed by atoms with van der Waals surface area (Å²) in [5.41, 5.74) is 3.71. The van der Waals surface area contributed by atoms with Crippen molar-refractivity contribution >= 4 is 86.2 Å². The molecule has 0 spiro atoms. The highest BCUT2D eigenvalue weighted by Crippen LogP contribution is 2.40. The Labute approximate surface area is 165 Å². The maximum atomic E-state index is 5.02. The van der Waals surface area contributed by atoms with Crippen molar-refractivity contribution in [3.05, 3.63) is 69.6 Å². The molecule has 0 atom stereocenters. The van der Waals surface area contributed by atoms with Crippen LogP contribution in [0.1, 0.15) is 0 Å². The van der Waals surface area contributed by atoms with Crippen LogP contribution < -0.4 is 0 Å². The van der Waals surface area contributed by atoms with Gasteiger partial charge in [-0.25, -0.2) is 9.97 Å². The molecule has 122 valence electrons. The molecule has 0 amide bonds. The maximum absolute atomic E-state index is 5.02. The average molecular weight is 462 g/mol. The van der Waals surface area contributed by atoms with Crippen molar-refractivity contribution in [3.63, 3.8) is 0 Å². The number of fused-ring (bicyclic) bond motifs is 4. The van der Waals surface area contributed by atoms with Gasteiger partial charge < -0.3 is 0 Å². The van der Waals surface area contributed by atoms with Crippen molar-refractivity contribution in [2.24, 2.45) is 0 Å². The summed E-state index contributed by atoms with van der Waals surface area (Å²) in [6, 6.07) is 21.3. The lowest BCUT2D eigenvalue weighted by molar-refractivity contribution is 1.40. The van der Waals surface area contributed by atoms with E-state index < -0.39 is 0 Å². The molecule has 0 radical (unpaired) electrons.